The first-order valence-electron chi connectivity index (χ1n) is 7.59. The van der Waals surface area contributed by atoms with Gasteiger partial charge in [0.05, 0.1) is 6.10 Å². The fourth-order valence-corrected chi connectivity index (χ4v) is 2.89. The van der Waals surface area contributed by atoms with Crippen LogP contribution in [-0.2, 0) is 13.1 Å². The number of nitrogens with one attached hydrogen (secondary N) is 1. The Hall–Kier alpha value is -0.800. The molecule has 0 spiro atoms. The Kier molecular flexibility index (Phi) is 6.59. The number of hydrogen-bond donors (Lipinski definition) is 2. The van der Waals surface area contributed by atoms with Gasteiger partial charge < -0.3 is 15.0 Å². The summed E-state index contributed by atoms with van der Waals surface area (Å²) in [4.78, 5) is 0. The number of aryl methyl sites for hydroxylation is 1. The fourth-order valence-electron chi connectivity index (χ4n) is 2.89. The van der Waals surface area contributed by atoms with E-state index in [-0.39, 0.29) is 6.10 Å². The summed E-state index contributed by atoms with van der Waals surface area (Å²) in [6, 6.07) is 2.25. The van der Waals surface area contributed by atoms with Crippen LogP contribution in [0.3, 0.4) is 0 Å². The van der Waals surface area contributed by atoms with E-state index >= 15 is 0 Å². The van der Waals surface area contributed by atoms with Crippen molar-refractivity contribution in [1.29, 1.82) is 0 Å². The van der Waals surface area contributed by atoms with E-state index in [1.54, 1.807) is 0 Å². The Labute approximate surface area is 118 Å². The van der Waals surface area contributed by atoms with Crippen molar-refractivity contribution in [1.82, 2.24) is 9.88 Å². The summed E-state index contributed by atoms with van der Waals surface area (Å²) >= 11 is 0. The number of aliphatic hydroxyl groups is 1. The van der Waals surface area contributed by atoms with Crippen molar-refractivity contribution in [3.8, 4) is 0 Å². The average Bonchev–Trinajstić information content (AvgIpc) is 2.65. The Morgan fingerprint density at radius 2 is 1.84 bits per heavy atom. The molecule has 0 saturated carbocycles. The summed E-state index contributed by atoms with van der Waals surface area (Å²) in [7, 11) is 0. The monoisotopic (exact) mass is 266 g/mol. The summed E-state index contributed by atoms with van der Waals surface area (Å²) in [6.07, 6.45) is 1.86. The number of rotatable bonds is 8. The van der Waals surface area contributed by atoms with Crippen LogP contribution in [0, 0.1) is 19.8 Å². The number of hydrogen-bond acceptors (Lipinski definition) is 2. The van der Waals surface area contributed by atoms with Crippen LogP contribution in [0.25, 0.3) is 0 Å². The highest BCUT2D eigenvalue weighted by Gasteiger charge is 2.15. The third-order valence-corrected chi connectivity index (χ3v) is 4.26. The summed E-state index contributed by atoms with van der Waals surface area (Å²) in [6.45, 7) is 13.3. The fraction of sp³-hybridized carbons (Fsp3) is 0.750. The van der Waals surface area contributed by atoms with Gasteiger partial charge in [-0.15, -0.1) is 0 Å². The highest BCUT2D eigenvalue weighted by Crippen LogP contribution is 2.15. The van der Waals surface area contributed by atoms with Crippen molar-refractivity contribution < 1.29 is 5.11 Å². The van der Waals surface area contributed by atoms with Crippen molar-refractivity contribution in [2.24, 2.45) is 5.92 Å². The number of aliphatic hydroxyl groups excluding tert-OH is 1. The van der Waals surface area contributed by atoms with E-state index in [2.05, 4.69) is 50.6 Å². The van der Waals surface area contributed by atoms with Gasteiger partial charge in [0.15, 0.2) is 0 Å². The second-order valence-corrected chi connectivity index (χ2v) is 5.42. The van der Waals surface area contributed by atoms with Gasteiger partial charge >= 0.3 is 0 Å². The molecule has 0 aromatic carbocycles. The zero-order valence-electron chi connectivity index (χ0n) is 13.2. The van der Waals surface area contributed by atoms with Crippen molar-refractivity contribution in [3.05, 3.63) is 23.0 Å². The normalized spacial score (nSPS) is 13.2. The molecular formula is C16H30N2O. The highest BCUT2D eigenvalue weighted by atomic mass is 16.3. The van der Waals surface area contributed by atoms with Gasteiger partial charge in [0.25, 0.3) is 0 Å². The van der Waals surface area contributed by atoms with Crippen molar-refractivity contribution in [2.75, 3.05) is 6.54 Å². The maximum Gasteiger partial charge on any atom is 0.0692 e. The van der Waals surface area contributed by atoms with E-state index < -0.39 is 0 Å². The van der Waals surface area contributed by atoms with Gasteiger partial charge in [0.1, 0.15) is 0 Å². The largest absolute Gasteiger partial charge is 0.392 e. The molecule has 0 radical (unpaired) electrons. The molecule has 110 valence electrons. The highest BCUT2D eigenvalue weighted by molar-refractivity contribution is 5.26. The van der Waals surface area contributed by atoms with Gasteiger partial charge in [-0.3, -0.25) is 0 Å². The summed E-state index contributed by atoms with van der Waals surface area (Å²) in [5, 5.41) is 13.5. The minimum absolute atomic E-state index is 0.232. The SMILES string of the molecule is CCC(CC)C(O)CNCc1cc(C)n(CC)c1C. The molecule has 1 atom stereocenters. The summed E-state index contributed by atoms with van der Waals surface area (Å²) < 4.78 is 2.33. The molecule has 19 heavy (non-hydrogen) atoms. The molecular weight excluding hydrogens is 236 g/mol. The first-order chi connectivity index (χ1) is 9.04. The lowest BCUT2D eigenvalue weighted by atomic mass is 9.96. The number of aromatic nitrogens is 1. The zero-order chi connectivity index (χ0) is 14.4. The molecule has 0 aliphatic heterocycles. The van der Waals surface area contributed by atoms with Crippen molar-refractivity contribution in [3.63, 3.8) is 0 Å². The lowest BCUT2D eigenvalue weighted by molar-refractivity contribution is 0.101. The summed E-state index contributed by atoms with van der Waals surface area (Å²) in [5.41, 5.74) is 4.00. The maximum atomic E-state index is 10.1. The molecule has 0 aliphatic rings. The van der Waals surface area contributed by atoms with Crippen LogP contribution in [0.5, 0.6) is 0 Å². The van der Waals surface area contributed by atoms with Crippen LogP contribution in [0.1, 0.15) is 50.6 Å². The minimum Gasteiger partial charge on any atom is -0.392 e. The lowest BCUT2D eigenvalue weighted by Gasteiger charge is -2.20. The molecule has 1 heterocycles. The molecule has 1 unspecified atom stereocenters. The van der Waals surface area contributed by atoms with E-state index in [4.69, 9.17) is 0 Å². The number of nitrogens with zero attached hydrogens (tertiary/aromatic N) is 1. The van der Waals surface area contributed by atoms with Crippen LogP contribution < -0.4 is 5.32 Å². The molecule has 1 rings (SSSR count). The van der Waals surface area contributed by atoms with Crippen LogP contribution in [-0.4, -0.2) is 22.3 Å². The molecule has 1 aromatic rings. The molecule has 3 heteroatoms. The topological polar surface area (TPSA) is 37.2 Å². The third kappa shape index (κ3) is 4.08. The molecule has 1 aromatic heterocycles. The van der Waals surface area contributed by atoms with Crippen LogP contribution in [0.15, 0.2) is 6.07 Å². The van der Waals surface area contributed by atoms with Gasteiger partial charge in [-0.2, -0.15) is 0 Å². The van der Waals surface area contributed by atoms with Crippen LogP contribution in [0.4, 0.5) is 0 Å². The zero-order valence-corrected chi connectivity index (χ0v) is 13.2. The van der Waals surface area contributed by atoms with Crippen molar-refractivity contribution >= 4 is 0 Å². The lowest BCUT2D eigenvalue weighted by Crippen LogP contribution is -2.32. The Morgan fingerprint density at radius 3 is 2.32 bits per heavy atom. The van der Waals surface area contributed by atoms with Crippen molar-refractivity contribution in [2.45, 2.75) is 66.7 Å². The molecule has 0 saturated heterocycles. The van der Waals surface area contributed by atoms with E-state index in [9.17, 15) is 5.11 Å². The van der Waals surface area contributed by atoms with E-state index in [0.717, 1.165) is 25.9 Å². The van der Waals surface area contributed by atoms with Gasteiger partial charge in [-0.25, -0.2) is 0 Å². The molecule has 2 N–H and O–H groups in total. The molecule has 0 fully saturated rings. The van der Waals surface area contributed by atoms with Gasteiger partial charge in [0.2, 0.25) is 0 Å². The van der Waals surface area contributed by atoms with Crippen LogP contribution in [0.2, 0.25) is 0 Å². The third-order valence-electron chi connectivity index (χ3n) is 4.26. The Balaban J connectivity index is 2.49. The molecule has 0 bridgehead atoms. The second kappa shape index (κ2) is 7.71. The molecule has 0 aliphatic carbocycles. The standard InChI is InChI=1S/C16H30N2O/c1-6-14(7-2)16(19)11-17-10-15-9-12(4)18(8-3)13(15)5/h9,14,16-17,19H,6-8,10-11H2,1-5H3. The summed E-state index contributed by atoms with van der Waals surface area (Å²) in [5.74, 6) is 0.413. The maximum absolute atomic E-state index is 10.1. The smallest absolute Gasteiger partial charge is 0.0692 e. The second-order valence-electron chi connectivity index (χ2n) is 5.42. The average molecular weight is 266 g/mol. The van der Waals surface area contributed by atoms with E-state index in [0.29, 0.717) is 12.5 Å². The quantitative estimate of drug-likeness (QED) is 0.759. The van der Waals surface area contributed by atoms with Gasteiger partial charge in [0, 0.05) is 31.0 Å². The van der Waals surface area contributed by atoms with Gasteiger partial charge in [-0.1, -0.05) is 26.7 Å². The van der Waals surface area contributed by atoms with E-state index in [1.165, 1.54) is 17.0 Å². The van der Waals surface area contributed by atoms with E-state index in [1.807, 2.05) is 0 Å². The molecule has 0 amide bonds. The minimum atomic E-state index is -0.232. The molecule has 3 nitrogen and oxygen atoms in total. The predicted molar refractivity (Wildman–Crippen MR) is 81.4 cm³/mol. The van der Waals surface area contributed by atoms with Gasteiger partial charge in [-0.05, 0) is 38.3 Å². The van der Waals surface area contributed by atoms with Crippen LogP contribution >= 0.6 is 0 Å². The Bertz CT molecular complexity index is 380. The Morgan fingerprint density at radius 1 is 1.21 bits per heavy atom. The first kappa shape index (κ1) is 16.3. The first-order valence-corrected chi connectivity index (χ1v) is 7.59. The predicted octanol–water partition coefficient (Wildman–Crippen LogP) is 3.01.